The molecule has 10 heteroatoms. The summed E-state index contributed by atoms with van der Waals surface area (Å²) in [6.07, 6.45) is 0.527. The third-order valence-electron chi connectivity index (χ3n) is 7.49. The van der Waals surface area contributed by atoms with E-state index in [1.165, 1.54) is 12.0 Å². The van der Waals surface area contributed by atoms with Gasteiger partial charge in [-0.15, -0.1) is 10.2 Å². The Labute approximate surface area is 244 Å². The number of benzene rings is 3. The number of anilines is 1. The minimum atomic E-state index is -1.06. The summed E-state index contributed by atoms with van der Waals surface area (Å²) < 4.78 is 16.9. The molecule has 1 aliphatic rings. The van der Waals surface area contributed by atoms with Crippen LogP contribution in [-0.2, 0) is 20.7 Å². The standard InChI is InChI=1S/C32H35N5O5/c1-21-35-36-31(42-21)26-20-41-25(19-34-26)18-17-22-11-9-10-16-27(22)37(32(39)40-2)29(30(33)38)28(23-12-5-3-6-13-23)24-14-7-4-8-15-24/h3-16,25-26,28-29,34H,17-20H2,1-2H3,(H2,33,38)/t25-,26+,29+/m1/s1. The second-order valence-electron chi connectivity index (χ2n) is 10.2. The molecule has 2 heterocycles. The Morgan fingerprint density at radius 3 is 2.19 bits per heavy atom. The molecule has 10 nitrogen and oxygen atoms in total. The largest absolute Gasteiger partial charge is 0.452 e. The number of hydrogen-bond donors (Lipinski definition) is 2. The summed E-state index contributed by atoms with van der Waals surface area (Å²) in [4.78, 5) is 28.2. The molecule has 0 saturated carbocycles. The van der Waals surface area contributed by atoms with Crippen molar-refractivity contribution in [2.24, 2.45) is 5.73 Å². The summed E-state index contributed by atoms with van der Waals surface area (Å²) in [7, 11) is 1.30. The highest BCUT2D eigenvalue weighted by Crippen LogP contribution is 2.36. The van der Waals surface area contributed by atoms with Crippen molar-refractivity contribution < 1.29 is 23.5 Å². The van der Waals surface area contributed by atoms with Gasteiger partial charge in [-0.1, -0.05) is 78.9 Å². The maximum atomic E-state index is 13.5. The van der Waals surface area contributed by atoms with E-state index in [4.69, 9.17) is 19.6 Å². The summed E-state index contributed by atoms with van der Waals surface area (Å²) in [5.41, 5.74) is 9.25. The zero-order valence-electron chi connectivity index (χ0n) is 23.7. The normalized spacial score (nSPS) is 17.5. The molecule has 5 rings (SSSR count). The molecule has 1 aliphatic heterocycles. The van der Waals surface area contributed by atoms with Crippen LogP contribution >= 0.6 is 0 Å². The zero-order valence-corrected chi connectivity index (χ0v) is 23.7. The molecular formula is C32H35N5O5. The molecule has 0 radical (unpaired) electrons. The molecule has 3 atom stereocenters. The Bertz CT molecular complexity index is 1430. The van der Waals surface area contributed by atoms with Crippen LogP contribution in [0.15, 0.2) is 89.3 Å². The van der Waals surface area contributed by atoms with Crippen molar-refractivity contribution >= 4 is 17.7 Å². The van der Waals surface area contributed by atoms with Crippen molar-refractivity contribution in [2.45, 2.75) is 43.9 Å². The third kappa shape index (κ3) is 6.50. The fourth-order valence-corrected chi connectivity index (χ4v) is 5.47. The minimum absolute atomic E-state index is 0.0711. The summed E-state index contributed by atoms with van der Waals surface area (Å²) in [5, 5.41) is 11.4. The van der Waals surface area contributed by atoms with Gasteiger partial charge in [0.2, 0.25) is 17.7 Å². The molecule has 42 heavy (non-hydrogen) atoms. The average molecular weight is 570 g/mol. The van der Waals surface area contributed by atoms with Crippen molar-refractivity contribution in [1.29, 1.82) is 0 Å². The summed E-state index contributed by atoms with van der Waals surface area (Å²) in [5.74, 6) is -0.158. The first kappa shape index (κ1) is 29.0. The van der Waals surface area contributed by atoms with E-state index in [2.05, 4.69) is 15.5 Å². The Kier molecular flexibility index (Phi) is 9.25. The molecule has 4 aromatic rings. The molecule has 3 aromatic carbocycles. The van der Waals surface area contributed by atoms with Crippen LogP contribution in [0.5, 0.6) is 0 Å². The van der Waals surface area contributed by atoms with Gasteiger partial charge in [-0.05, 0) is 35.6 Å². The van der Waals surface area contributed by atoms with Crippen molar-refractivity contribution in [1.82, 2.24) is 15.5 Å². The quantitative estimate of drug-likeness (QED) is 0.289. The van der Waals surface area contributed by atoms with Crippen LogP contribution in [0, 0.1) is 6.92 Å². The molecule has 2 amide bonds. The van der Waals surface area contributed by atoms with Gasteiger partial charge in [-0.25, -0.2) is 4.79 Å². The Hall–Kier alpha value is -4.54. The Balaban J connectivity index is 1.43. The molecule has 0 aliphatic carbocycles. The minimum Gasteiger partial charge on any atom is -0.452 e. The number of carbonyl (C=O) groups is 2. The number of nitrogens with zero attached hydrogens (tertiary/aromatic N) is 3. The number of carbonyl (C=O) groups excluding carboxylic acids is 2. The van der Waals surface area contributed by atoms with Crippen LogP contribution in [-0.4, -0.2) is 54.6 Å². The van der Waals surface area contributed by atoms with E-state index in [1.54, 1.807) is 6.92 Å². The molecule has 1 saturated heterocycles. The van der Waals surface area contributed by atoms with Crippen LogP contribution < -0.4 is 16.0 Å². The first-order valence-corrected chi connectivity index (χ1v) is 14.0. The van der Waals surface area contributed by atoms with Gasteiger partial charge in [-0.2, -0.15) is 0 Å². The number of primary amides is 1. The van der Waals surface area contributed by atoms with Gasteiger partial charge in [-0.3, -0.25) is 9.69 Å². The lowest BCUT2D eigenvalue weighted by atomic mass is 9.83. The van der Waals surface area contributed by atoms with Crippen LogP contribution in [0.2, 0.25) is 0 Å². The zero-order chi connectivity index (χ0) is 29.5. The second-order valence-corrected chi connectivity index (χ2v) is 10.2. The van der Waals surface area contributed by atoms with E-state index in [9.17, 15) is 9.59 Å². The summed E-state index contributed by atoms with van der Waals surface area (Å²) in [6, 6.07) is 25.5. The number of nitrogens with two attached hydrogens (primary N) is 1. The lowest BCUT2D eigenvalue weighted by molar-refractivity contribution is -0.119. The molecule has 0 bridgehead atoms. The van der Waals surface area contributed by atoms with Gasteiger partial charge in [0.1, 0.15) is 12.1 Å². The van der Waals surface area contributed by atoms with Crippen molar-refractivity contribution in [3.63, 3.8) is 0 Å². The molecule has 218 valence electrons. The fraction of sp³-hybridized carbons (Fsp3) is 0.312. The highest BCUT2D eigenvalue weighted by Gasteiger charge is 2.39. The number of aryl methyl sites for hydroxylation is 2. The van der Waals surface area contributed by atoms with Crippen LogP contribution in [0.25, 0.3) is 0 Å². The molecule has 1 fully saturated rings. The van der Waals surface area contributed by atoms with E-state index < -0.39 is 24.0 Å². The number of aromatic nitrogens is 2. The van der Waals surface area contributed by atoms with E-state index in [-0.39, 0.29) is 12.1 Å². The lowest BCUT2D eigenvalue weighted by Crippen LogP contribution is -2.52. The van der Waals surface area contributed by atoms with Crippen LogP contribution in [0.3, 0.4) is 0 Å². The topological polar surface area (TPSA) is 133 Å². The first-order valence-electron chi connectivity index (χ1n) is 14.0. The molecule has 3 N–H and O–H groups in total. The first-order chi connectivity index (χ1) is 20.5. The smallest absolute Gasteiger partial charge is 0.414 e. The van der Waals surface area contributed by atoms with Gasteiger partial charge in [0.05, 0.1) is 25.5 Å². The van der Waals surface area contributed by atoms with Crippen molar-refractivity contribution in [3.8, 4) is 0 Å². The average Bonchev–Trinajstić information content (AvgIpc) is 3.47. The predicted octanol–water partition coefficient (Wildman–Crippen LogP) is 4.30. The van der Waals surface area contributed by atoms with Crippen LogP contribution in [0.1, 0.15) is 46.9 Å². The molecule has 0 unspecified atom stereocenters. The number of morpholine rings is 1. The van der Waals surface area contributed by atoms with Gasteiger partial charge in [0.25, 0.3) is 0 Å². The van der Waals surface area contributed by atoms with E-state index in [0.717, 1.165) is 16.7 Å². The number of ether oxygens (including phenoxy) is 2. The van der Waals surface area contributed by atoms with E-state index >= 15 is 0 Å². The van der Waals surface area contributed by atoms with Gasteiger partial charge >= 0.3 is 6.09 Å². The van der Waals surface area contributed by atoms with Crippen molar-refractivity contribution in [3.05, 3.63) is 113 Å². The number of para-hydroxylation sites is 1. The maximum Gasteiger partial charge on any atom is 0.414 e. The second kappa shape index (κ2) is 13.4. The van der Waals surface area contributed by atoms with E-state index in [1.807, 2.05) is 84.9 Å². The molecule has 1 aromatic heterocycles. The third-order valence-corrected chi connectivity index (χ3v) is 7.49. The van der Waals surface area contributed by atoms with Gasteiger partial charge < -0.3 is 24.9 Å². The van der Waals surface area contributed by atoms with Crippen molar-refractivity contribution in [2.75, 3.05) is 25.2 Å². The SMILES string of the molecule is COC(=O)N(c1ccccc1CC[C@@H]1CN[C@H](c2nnc(C)o2)CO1)[C@H](C(N)=O)C(c1ccccc1)c1ccccc1. The highest BCUT2D eigenvalue weighted by atomic mass is 16.5. The Morgan fingerprint density at radius 1 is 1.00 bits per heavy atom. The Morgan fingerprint density at radius 2 is 1.64 bits per heavy atom. The lowest BCUT2D eigenvalue weighted by Gasteiger charge is -2.36. The monoisotopic (exact) mass is 569 g/mol. The number of methoxy groups -OCH3 is 1. The number of rotatable bonds is 10. The summed E-state index contributed by atoms with van der Waals surface area (Å²) >= 11 is 0. The van der Waals surface area contributed by atoms with Gasteiger partial charge in [0, 0.05) is 19.4 Å². The predicted molar refractivity (Wildman–Crippen MR) is 157 cm³/mol. The van der Waals surface area contributed by atoms with Crippen LogP contribution in [0.4, 0.5) is 10.5 Å². The maximum absolute atomic E-state index is 13.5. The molecule has 0 spiro atoms. The summed E-state index contributed by atoms with van der Waals surface area (Å²) in [6.45, 7) is 2.76. The highest BCUT2D eigenvalue weighted by molar-refractivity contribution is 5.98. The fourth-order valence-electron chi connectivity index (χ4n) is 5.47. The number of amides is 2. The van der Waals surface area contributed by atoms with Gasteiger partial charge in [0.15, 0.2) is 0 Å². The molecular weight excluding hydrogens is 534 g/mol. The van der Waals surface area contributed by atoms with E-state index in [0.29, 0.717) is 43.5 Å². The number of nitrogens with one attached hydrogen (secondary N) is 1. The number of hydrogen-bond acceptors (Lipinski definition) is 8.